The number of nitrogens with zero attached hydrogens (tertiary/aromatic N) is 1. The Labute approximate surface area is 232 Å². The van der Waals surface area contributed by atoms with E-state index in [2.05, 4.69) is 38.0 Å². The third-order valence-electron chi connectivity index (χ3n) is 5.31. The van der Waals surface area contributed by atoms with Gasteiger partial charge in [-0.1, -0.05) is 35.8 Å². The highest BCUT2D eigenvalue weighted by Crippen LogP contribution is 2.26. The highest BCUT2D eigenvalue weighted by atomic mass is 35.5. The summed E-state index contributed by atoms with van der Waals surface area (Å²) in [6.07, 6.45) is 2.44. The summed E-state index contributed by atoms with van der Waals surface area (Å²) < 4.78 is 0. The maximum Gasteiger partial charge on any atom is 0.275 e. The van der Waals surface area contributed by atoms with E-state index in [4.69, 9.17) is 23.2 Å². The van der Waals surface area contributed by atoms with Crippen molar-refractivity contribution in [3.63, 3.8) is 0 Å². The molecular formula is C27H20Cl2N6O4. The number of carbonyl (C=O) groups is 4. The van der Waals surface area contributed by atoms with E-state index in [0.29, 0.717) is 22.6 Å². The third-order valence-corrected chi connectivity index (χ3v) is 5.94. The number of amides is 4. The number of anilines is 4. The molecule has 1 aromatic heterocycles. The van der Waals surface area contributed by atoms with E-state index < -0.39 is 11.8 Å². The fraction of sp³-hybridized carbons (Fsp3) is 0. The van der Waals surface area contributed by atoms with E-state index in [9.17, 15) is 19.2 Å². The molecular weight excluding hydrogens is 543 g/mol. The molecule has 0 fully saturated rings. The molecule has 0 aliphatic rings. The smallest absolute Gasteiger partial charge is 0.275 e. The number of hydrogen-bond donors (Lipinski definition) is 5. The molecule has 0 radical (unpaired) electrons. The second-order valence-electron chi connectivity index (χ2n) is 7.97. The molecule has 0 unspecified atom stereocenters. The van der Waals surface area contributed by atoms with Gasteiger partial charge < -0.3 is 21.3 Å². The Morgan fingerprint density at radius 2 is 1.26 bits per heavy atom. The van der Waals surface area contributed by atoms with Gasteiger partial charge in [-0.05, 0) is 66.7 Å². The lowest BCUT2D eigenvalue weighted by atomic mass is 10.2. The molecule has 4 amide bonds. The van der Waals surface area contributed by atoms with Crippen molar-refractivity contribution in [3.8, 4) is 0 Å². The number of carbonyl (C=O) groups excluding carboxylic acids is 4. The molecule has 196 valence electrons. The molecule has 0 aliphatic carbocycles. The monoisotopic (exact) mass is 562 g/mol. The van der Waals surface area contributed by atoms with Crippen molar-refractivity contribution < 1.29 is 19.2 Å². The standard InChI is InChI=1S/C27H20Cl2N6O4/c1-2-22(36)31-16-8-6-15(7-9-16)25(37)32-17-10-12-18(13-11-17)33-27(39)24-21(14-30-35-24)34-26(38)23-19(28)4-3-5-20(23)29/h2-14H,1H2,(H,30,35)(H,31,36)(H,32,37)(H,33,39)(H,34,38). The first-order chi connectivity index (χ1) is 18.7. The fourth-order valence-electron chi connectivity index (χ4n) is 3.39. The maximum atomic E-state index is 12.8. The molecule has 4 rings (SSSR count). The summed E-state index contributed by atoms with van der Waals surface area (Å²) in [5, 5.41) is 17.3. The van der Waals surface area contributed by atoms with Crippen molar-refractivity contribution >= 4 is 69.6 Å². The molecule has 39 heavy (non-hydrogen) atoms. The Kier molecular flexibility index (Phi) is 8.40. The fourth-order valence-corrected chi connectivity index (χ4v) is 3.95. The summed E-state index contributed by atoms with van der Waals surface area (Å²) in [7, 11) is 0. The minimum absolute atomic E-state index is 0.0108. The number of hydrogen-bond acceptors (Lipinski definition) is 5. The normalized spacial score (nSPS) is 10.3. The van der Waals surface area contributed by atoms with Crippen LogP contribution in [0.15, 0.2) is 85.6 Å². The van der Waals surface area contributed by atoms with Crippen LogP contribution in [-0.4, -0.2) is 33.8 Å². The minimum atomic E-state index is -0.600. The topological polar surface area (TPSA) is 145 Å². The first kappa shape index (κ1) is 27.1. The summed E-state index contributed by atoms with van der Waals surface area (Å²) >= 11 is 12.2. The predicted molar refractivity (Wildman–Crippen MR) is 151 cm³/mol. The van der Waals surface area contributed by atoms with Crippen molar-refractivity contribution in [2.24, 2.45) is 0 Å². The van der Waals surface area contributed by atoms with Gasteiger partial charge in [0, 0.05) is 22.6 Å². The molecule has 0 bridgehead atoms. The highest BCUT2D eigenvalue weighted by molar-refractivity contribution is 6.40. The van der Waals surface area contributed by atoms with E-state index in [1.165, 1.54) is 18.3 Å². The lowest BCUT2D eigenvalue weighted by molar-refractivity contribution is -0.111. The number of H-pyrrole nitrogens is 1. The van der Waals surface area contributed by atoms with Crippen LogP contribution in [0.3, 0.4) is 0 Å². The van der Waals surface area contributed by atoms with Gasteiger partial charge in [-0.25, -0.2) is 0 Å². The van der Waals surface area contributed by atoms with Gasteiger partial charge in [-0.15, -0.1) is 0 Å². The molecule has 4 aromatic rings. The molecule has 1 heterocycles. The van der Waals surface area contributed by atoms with Crippen molar-refractivity contribution in [2.45, 2.75) is 0 Å². The quantitative estimate of drug-likeness (QED) is 0.177. The zero-order valence-electron chi connectivity index (χ0n) is 20.0. The van der Waals surface area contributed by atoms with Crippen LogP contribution in [0.5, 0.6) is 0 Å². The third kappa shape index (κ3) is 6.69. The summed E-state index contributed by atoms with van der Waals surface area (Å²) in [6, 6.07) is 17.4. The second kappa shape index (κ2) is 12.1. The molecule has 0 spiro atoms. The number of nitrogens with one attached hydrogen (secondary N) is 5. The van der Waals surface area contributed by atoms with Crippen LogP contribution < -0.4 is 21.3 Å². The molecule has 12 heteroatoms. The first-order valence-electron chi connectivity index (χ1n) is 11.3. The molecule has 0 saturated carbocycles. The average Bonchev–Trinajstić information content (AvgIpc) is 3.38. The van der Waals surface area contributed by atoms with E-state index in [1.807, 2.05) is 0 Å². The SMILES string of the molecule is C=CC(=O)Nc1ccc(C(=O)Nc2ccc(NC(=O)c3[nH]ncc3NC(=O)c3c(Cl)cccc3Cl)cc2)cc1. The predicted octanol–water partition coefficient (Wildman–Crippen LogP) is 5.60. The summed E-state index contributed by atoms with van der Waals surface area (Å²) in [4.78, 5) is 49.4. The number of aromatic amines is 1. The number of aromatic nitrogens is 2. The minimum Gasteiger partial charge on any atom is -0.323 e. The van der Waals surface area contributed by atoms with Gasteiger partial charge in [0.05, 0.1) is 27.5 Å². The second-order valence-corrected chi connectivity index (χ2v) is 8.78. The van der Waals surface area contributed by atoms with Crippen LogP contribution in [0, 0.1) is 0 Å². The molecule has 0 atom stereocenters. The largest absolute Gasteiger partial charge is 0.323 e. The van der Waals surface area contributed by atoms with Crippen molar-refractivity contribution in [3.05, 3.63) is 112 Å². The highest BCUT2D eigenvalue weighted by Gasteiger charge is 2.20. The number of rotatable bonds is 8. The van der Waals surface area contributed by atoms with Crippen LogP contribution in [-0.2, 0) is 4.79 Å². The van der Waals surface area contributed by atoms with E-state index in [0.717, 1.165) is 6.08 Å². The number of halogens is 2. The van der Waals surface area contributed by atoms with Crippen LogP contribution >= 0.6 is 23.2 Å². The Morgan fingerprint density at radius 1 is 0.718 bits per heavy atom. The van der Waals surface area contributed by atoms with Gasteiger partial charge in [0.2, 0.25) is 5.91 Å². The molecule has 5 N–H and O–H groups in total. The van der Waals surface area contributed by atoms with Crippen LogP contribution in [0.1, 0.15) is 31.2 Å². The molecule has 3 aromatic carbocycles. The number of benzene rings is 3. The van der Waals surface area contributed by atoms with E-state index in [1.54, 1.807) is 54.6 Å². The van der Waals surface area contributed by atoms with Gasteiger partial charge in [0.15, 0.2) is 0 Å². The summed E-state index contributed by atoms with van der Waals surface area (Å²) in [5.74, 6) is -1.87. The van der Waals surface area contributed by atoms with E-state index >= 15 is 0 Å². The van der Waals surface area contributed by atoms with Gasteiger partial charge in [0.1, 0.15) is 5.69 Å². The van der Waals surface area contributed by atoms with Crippen molar-refractivity contribution in [1.82, 2.24) is 10.2 Å². The summed E-state index contributed by atoms with van der Waals surface area (Å²) in [6.45, 7) is 3.39. The van der Waals surface area contributed by atoms with Crippen LogP contribution in [0.25, 0.3) is 0 Å². The van der Waals surface area contributed by atoms with Gasteiger partial charge in [-0.2, -0.15) is 5.10 Å². The lowest BCUT2D eigenvalue weighted by Gasteiger charge is -2.10. The van der Waals surface area contributed by atoms with Crippen molar-refractivity contribution in [1.29, 1.82) is 0 Å². The van der Waals surface area contributed by atoms with Gasteiger partial charge in [-0.3, -0.25) is 24.3 Å². The van der Waals surface area contributed by atoms with E-state index in [-0.39, 0.29) is 38.8 Å². The zero-order chi connectivity index (χ0) is 27.9. The molecule has 10 nitrogen and oxygen atoms in total. The Hall–Kier alpha value is -4.93. The average molecular weight is 563 g/mol. The lowest BCUT2D eigenvalue weighted by Crippen LogP contribution is -2.18. The Bertz CT molecular complexity index is 1550. The zero-order valence-corrected chi connectivity index (χ0v) is 21.6. The molecule has 0 aliphatic heterocycles. The van der Waals surface area contributed by atoms with Crippen LogP contribution in [0.2, 0.25) is 10.0 Å². The van der Waals surface area contributed by atoms with Crippen molar-refractivity contribution in [2.75, 3.05) is 21.3 Å². The maximum absolute atomic E-state index is 12.8. The Morgan fingerprint density at radius 3 is 1.85 bits per heavy atom. The Balaban J connectivity index is 1.37. The molecule has 0 saturated heterocycles. The van der Waals surface area contributed by atoms with Gasteiger partial charge >= 0.3 is 0 Å². The first-order valence-corrected chi connectivity index (χ1v) is 12.1. The summed E-state index contributed by atoms with van der Waals surface area (Å²) in [5.41, 5.74) is 2.06. The van der Waals surface area contributed by atoms with Crippen LogP contribution in [0.4, 0.5) is 22.7 Å². The van der Waals surface area contributed by atoms with Gasteiger partial charge in [0.25, 0.3) is 17.7 Å².